The molecule has 1 saturated heterocycles. The van der Waals surface area contributed by atoms with Crippen molar-refractivity contribution in [2.24, 2.45) is 0 Å². The van der Waals surface area contributed by atoms with Crippen LogP contribution in [0, 0.1) is 11.3 Å². The first-order chi connectivity index (χ1) is 12.2. The molecule has 0 unspecified atom stereocenters. The number of benzene rings is 1. The molecule has 2 amide bonds. The van der Waals surface area contributed by atoms with Gasteiger partial charge in [-0.15, -0.1) is 0 Å². The minimum atomic E-state index is -0.0516. The van der Waals surface area contributed by atoms with Crippen LogP contribution in [-0.4, -0.2) is 67.4 Å². The van der Waals surface area contributed by atoms with E-state index in [1.165, 1.54) is 0 Å². The molecule has 2 rings (SSSR count). The molecule has 1 aromatic rings. The molecule has 0 atom stereocenters. The standard InChI is InChI=1S/C18H25N5O2/c19-7-4-8-20-17(24)14-22-9-11-23(12-10-22)15-18(25)21-13-16-5-2-1-3-6-16/h1-3,5-6H,4,8-15H2,(H,20,24)(H,21,25). The van der Waals surface area contributed by atoms with Crippen LogP contribution in [-0.2, 0) is 16.1 Å². The summed E-state index contributed by atoms with van der Waals surface area (Å²) in [6.07, 6.45) is 0.331. The maximum atomic E-state index is 12.0. The van der Waals surface area contributed by atoms with E-state index in [9.17, 15) is 9.59 Å². The molecule has 7 heteroatoms. The average Bonchev–Trinajstić information content (AvgIpc) is 2.63. The Morgan fingerprint density at radius 2 is 1.52 bits per heavy atom. The molecule has 0 aliphatic carbocycles. The number of amides is 2. The van der Waals surface area contributed by atoms with E-state index in [0.29, 0.717) is 32.6 Å². The minimum absolute atomic E-state index is 0.0200. The fourth-order valence-corrected chi connectivity index (χ4v) is 2.68. The van der Waals surface area contributed by atoms with E-state index in [1.807, 2.05) is 36.4 Å². The van der Waals surface area contributed by atoms with Crippen molar-refractivity contribution in [2.45, 2.75) is 13.0 Å². The lowest BCUT2D eigenvalue weighted by atomic mass is 10.2. The van der Waals surface area contributed by atoms with Crippen LogP contribution in [0.15, 0.2) is 30.3 Å². The molecular weight excluding hydrogens is 318 g/mol. The van der Waals surface area contributed by atoms with Crippen molar-refractivity contribution in [3.05, 3.63) is 35.9 Å². The van der Waals surface area contributed by atoms with Crippen molar-refractivity contribution in [1.29, 1.82) is 5.26 Å². The monoisotopic (exact) mass is 343 g/mol. The highest BCUT2D eigenvalue weighted by atomic mass is 16.2. The van der Waals surface area contributed by atoms with Gasteiger partial charge in [-0.05, 0) is 5.56 Å². The largest absolute Gasteiger partial charge is 0.354 e. The summed E-state index contributed by atoms with van der Waals surface area (Å²) >= 11 is 0. The third kappa shape index (κ3) is 7.33. The van der Waals surface area contributed by atoms with E-state index >= 15 is 0 Å². The normalized spacial score (nSPS) is 15.3. The number of rotatable bonds is 8. The minimum Gasteiger partial charge on any atom is -0.354 e. The van der Waals surface area contributed by atoms with Gasteiger partial charge in [-0.25, -0.2) is 0 Å². The molecule has 1 fully saturated rings. The van der Waals surface area contributed by atoms with Crippen molar-refractivity contribution in [1.82, 2.24) is 20.4 Å². The number of carbonyl (C=O) groups excluding carboxylic acids is 2. The summed E-state index contributed by atoms with van der Waals surface area (Å²) in [5, 5.41) is 14.1. The van der Waals surface area contributed by atoms with Crippen LogP contribution >= 0.6 is 0 Å². The molecule has 1 aliphatic rings. The van der Waals surface area contributed by atoms with Crippen molar-refractivity contribution in [3.63, 3.8) is 0 Å². The molecule has 25 heavy (non-hydrogen) atoms. The first-order valence-electron chi connectivity index (χ1n) is 8.56. The van der Waals surface area contributed by atoms with Crippen LogP contribution < -0.4 is 10.6 Å². The third-order valence-corrected chi connectivity index (χ3v) is 4.09. The van der Waals surface area contributed by atoms with Gasteiger partial charge in [-0.3, -0.25) is 19.4 Å². The van der Waals surface area contributed by atoms with Crippen LogP contribution in [0.2, 0.25) is 0 Å². The van der Waals surface area contributed by atoms with Crippen molar-refractivity contribution in [2.75, 3.05) is 45.8 Å². The Balaban J connectivity index is 1.60. The molecule has 0 saturated carbocycles. The molecule has 0 spiro atoms. The molecule has 134 valence electrons. The molecule has 0 aromatic heterocycles. The fraction of sp³-hybridized carbons (Fsp3) is 0.500. The molecule has 0 radical (unpaired) electrons. The Hall–Kier alpha value is -2.43. The molecule has 1 heterocycles. The zero-order chi connectivity index (χ0) is 17.9. The zero-order valence-electron chi connectivity index (χ0n) is 14.4. The molecule has 1 aromatic carbocycles. The Morgan fingerprint density at radius 1 is 0.960 bits per heavy atom. The van der Waals surface area contributed by atoms with Gasteiger partial charge < -0.3 is 10.6 Å². The molecule has 1 aliphatic heterocycles. The van der Waals surface area contributed by atoms with Gasteiger partial charge >= 0.3 is 0 Å². The first-order valence-corrected chi connectivity index (χ1v) is 8.56. The zero-order valence-corrected chi connectivity index (χ0v) is 14.4. The summed E-state index contributed by atoms with van der Waals surface area (Å²) in [5.74, 6) is -0.0316. The highest BCUT2D eigenvalue weighted by Gasteiger charge is 2.20. The lowest BCUT2D eigenvalue weighted by Crippen LogP contribution is -2.51. The van der Waals surface area contributed by atoms with E-state index < -0.39 is 0 Å². The first kappa shape index (κ1) is 18.9. The fourth-order valence-electron chi connectivity index (χ4n) is 2.68. The van der Waals surface area contributed by atoms with Gasteiger partial charge in [0.2, 0.25) is 11.8 Å². The van der Waals surface area contributed by atoms with Crippen LogP contribution in [0.4, 0.5) is 0 Å². The second-order valence-corrected chi connectivity index (χ2v) is 6.07. The van der Waals surface area contributed by atoms with Gasteiger partial charge in [-0.1, -0.05) is 30.3 Å². The Kier molecular flexibility index (Phi) is 7.89. The number of piperazine rings is 1. The topological polar surface area (TPSA) is 88.5 Å². The van der Waals surface area contributed by atoms with Crippen molar-refractivity contribution >= 4 is 11.8 Å². The second kappa shape index (κ2) is 10.4. The lowest BCUT2D eigenvalue weighted by Gasteiger charge is -2.33. The van der Waals surface area contributed by atoms with E-state index in [4.69, 9.17) is 5.26 Å². The highest BCUT2D eigenvalue weighted by Crippen LogP contribution is 2.02. The number of carbonyl (C=O) groups is 2. The van der Waals surface area contributed by atoms with Gasteiger partial charge in [0.05, 0.1) is 25.6 Å². The molecule has 0 bridgehead atoms. The van der Waals surface area contributed by atoms with E-state index in [0.717, 1.165) is 31.7 Å². The summed E-state index contributed by atoms with van der Waals surface area (Å²) in [7, 11) is 0. The summed E-state index contributed by atoms with van der Waals surface area (Å²) in [6.45, 7) is 4.73. The van der Waals surface area contributed by atoms with Gasteiger partial charge in [-0.2, -0.15) is 5.26 Å². The maximum Gasteiger partial charge on any atom is 0.234 e. The van der Waals surface area contributed by atoms with E-state index in [2.05, 4.69) is 20.4 Å². The number of hydrogen-bond acceptors (Lipinski definition) is 5. The second-order valence-electron chi connectivity index (χ2n) is 6.07. The predicted octanol–water partition coefficient (Wildman–Crippen LogP) is -0.0497. The van der Waals surface area contributed by atoms with Crippen LogP contribution in [0.5, 0.6) is 0 Å². The van der Waals surface area contributed by atoms with Crippen LogP contribution in [0.1, 0.15) is 12.0 Å². The summed E-state index contributed by atoms with van der Waals surface area (Å²) in [4.78, 5) is 27.9. The third-order valence-electron chi connectivity index (χ3n) is 4.09. The molecule has 7 nitrogen and oxygen atoms in total. The number of hydrogen-bond donors (Lipinski definition) is 2. The average molecular weight is 343 g/mol. The van der Waals surface area contributed by atoms with Crippen LogP contribution in [0.25, 0.3) is 0 Å². The summed E-state index contributed by atoms with van der Waals surface area (Å²) in [5.41, 5.74) is 1.09. The van der Waals surface area contributed by atoms with E-state index in [1.54, 1.807) is 0 Å². The van der Waals surface area contributed by atoms with Gasteiger partial charge in [0.25, 0.3) is 0 Å². The SMILES string of the molecule is N#CCCNC(=O)CN1CCN(CC(=O)NCc2ccccc2)CC1. The predicted molar refractivity (Wildman–Crippen MR) is 94.4 cm³/mol. The van der Waals surface area contributed by atoms with Gasteiger partial charge in [0.1, 0.15) is 0 Å². The van der Waals surface area contributed by atoms with E-state index in [-0.39, 0.29) is 11.8 Å². The Bertz CT molecular complexity index is 591. The number of nitrogens with one attached hydrogen (secondary N) is 2. The number of nitriles is 1. The molecule has 2 N–H and O–H groups in total. The summed E-state index contributed by atoms with van der Waals surface area (Å²) < 4.78 is 0. The number of nitrogens with zero attached hydrogens (tertiary/aromatic N) is 3. The smallest absolute Gasteiger partial charge is 0.234 e. The Morgan fingerprint density at radius 3 is 2.08 bits per heavy atom. The molecular formula is C18H25N5O2. The van der Waals surface area contributed by atoms with Crippen LogP contribution in [0.3, 0.4) is 0 Å². The van der Waals surface area contributed by atoms with Gasteiger partial charge in [0, 0.05) is 39.3 Å². The van der Waals surface area contributed by atoms with Gasteiger partial charge in [0.15, 0.2) is 0 Å². The summed E-state index contributed by atoms with van der Waals surface area (Å²) in [6, 6.07) is 11.8. The quantitative estimate of drug-likeness (QED) is 0.646. The van der Waals surface area contributed by atoms with Crippen molar-refractivity contribution in [3.8, 4) is 6.07 Å². The highest BCUT2D eigenvalue weighted by molar-refractivity contribution is 5.78. The Labute approximate surface area is 148 Å². The van der Waals surface area contributed by atoms with Crippen molar-refractivity contribution < 1.29 is 9.59 Å². The maximum absolute atomic E-state index is 12.0. The lowest BCUT2D eigenvalue weighted by molar-refractivity contribution is -0.125.